The Kier molecular flexibility index (Phi) is 3.21. The van der Waals surface area contributed by atoms with E-state index < -0.39 is 0 Å². The van der Waals surface area contributed by atoms with E-state index in [9.17, 15) is 4.79 Å². The second-order valence-electron chi connectivity index (χ2n) is 3.23. The number of nitrogen functional groups attached to an aromatic ring is 1. The third-order valence-corrected chi connectivity index (χ3v) is 2.66. The van der Waals surface area contributed by atoms with Gasteiger partial charge >= 0.3 is 5.97 Å². The summed E-state index contributed by atoms with van der Waals surface area (Å²) in [5, 5.41) is 7.78. The Hall–Kier alpha value is -1.82. The summed E-state index contributed by atoms with van der Waals surface area (Å²) in [4.78, 5) is 11.4. The normalized spacial score (nSPS) is 10.2. The van der Waals surface area contributed by atoms with Gasteiger partial charge in [0, 0.05) is 11.8 Å². The first-order chi connectivity index (χ1) is 7.74. The first-order valence-corrected chi connectivity index (χ1v) is 5.64. The van der Waals surface area contributed by atoms with Crippen LogP contribution in [0.1, 0.15) is 5.56 Å². The summed E-state index contributed by atoms with van der Waals surface area (Å²) in [7, 11) is 0. The van der Waals surface area contributed by atoms with Crippen LogP contribution in [-0.4, -0.2) is 15.7 Å². The number of hydrogen-bond donors (Lipinski definition) is 1. The van der Waals surface area contributed by atoms with Gasteiger partial charge in [-0.2, -0.15) is 16.4 Å². The van der Waals surface area contributed by atoms with Crippen molar-refractivity contribution in [1.29, 1.82) is 0 Å². The highest BCUT2D eigenvalue weighted by Gasteiger charge is 2.05. The second kappa shape index (κ2) is 4.80. The summed E-state index contributed by atoms with van der Waals surface area (Å²) in [6, 6.07) is 3.55. The van der Waals surface area contributed by atoms with Crippen molar-refractivity contribution in [1.82, 2.24) is 9.78 Å². The van der Waals surface area contributed by atoms with Gasteiger partial charge in [0.2, 0.25) is 0 Å². The molecule has 0 atom stereocenters. The smallest absolute Gasteiger partial charge is 0.328 e. The van der Waals surface area contributed by atoms with Gasteiger partial charge in [0.15, 0.2) is 0 Å². The summed E-state index contributed by atoms with van der Waals surface area (Å²) in [6.07, 6.45) is 1.64. The van der Waals surface area contributed by atoms with Gasteiger partial charge in [-0.25, -0.2) is 0 Å². The summed E-state index contributed by atoms with van der Waals surface area (Å²) < 4.78 is 6.52. The number of esters is 1. The molecule has 0 bridgehead atoms. The van der Waals surface area contributed by atoms with Gasteiger partial charge in [0.25, 0.3) is 0 Å². The van der Waals surface area contributed by atoms with Gasteiger partial charge in [-0.05, 0) is 22.9 Å². The van der Waals surface area contributed by atoms with Crippen LogP contribution in [0.15, 0.2) is 29.1 Å². The molecule has 0 unspecified atom stereocenters. The summed E-state index contributed by atoms with van der Waals surface area (Å²) in [5.41, 5.74) is 6.42. The van der Waals surface area contributed by atoms with Crippen LogP contribution >= 0.6 is 11.3 Å². The number of anilines is 1. The fourth-order valence-electron chi connectivity index (χ4n) is 1.18. The largest absolute Gasteiger partial charge is 0.459 e. The van der Waals surface area contributed by atoms with Gasteiger partial charge in [0.05, 0.1) is 0 Å². The van der Waals surface area contributed by atoms with E-state index >= 15 is 0 Å². The molecule has 5 nitrogen and oxygen atoms in total. The van der Waals surface area contributed by atoms with Crippen LogP contribution in [0.4, 0.5) is 5.82 Å². The molecule has 6 heteroatoms. The van der Waals surface area contributed by atoms with Crippen molar-refractivity contribution in [3.63, 3.8) is 0 Å². The molecule has 2 aromatic rings. The van der Waals surface area contributed by atoms with Crippen LogP contribution in [0.3, 0.4) is 0 Å². The summed E-state index contributed by atoms with van der Waals surface area (Å²) >= 11 is 1.57. The minimum Gasteiger partial charge on any atom is -0.459 e. The van der Waals surface area contributed by atoms with E-state index in [-0.39, 0.29) is 12.5 Å². The molecule has 0 amide bonds. The molecule has 2 heterocycles. The van der Waals surface area contributed by atoms with Gasteiger partial charge in [-0.1, -0.05) is 0 Å². The van der Waals surface area contributed by atoms with Crippen molar-refractivity contribution < 1.29 is 9.53 Å². The molecule has 2 aromatic heterocycles. The van der Waals surface area contributed by atoms with E-state index in [1.54, 1.807) is 23.6 Å². The van der Waals surface area contributed by atoms with Gasteiger partial charge in [-0.3, -0.25) is 9.48 Å². The lowest BCUT2D eigenvalue weighted by molar-refractivity contribution is -0.145. The minimum absolute atomic E-state index is 0.0847. The zero-order valence-electron chi connectivity index (χ0n) is 8.50. The molecule has 0 aliphatic rings. The van der Waals surface area contributed by atoms with Crippen LogP contribution < -0.4 is 5.73 Å². The molecule has 0 spiro atoms. The van der Waals surface area contributed by atoms with Crippen LogP contribution in [0.2, 0.25) is 0 Å². The molecule has 0 radical (unpaired) electrons. The Bertz CT molecular complexity index is 464. The molecule has 0 aliphatic carbocycles. The quantitative estimate of drug-likeness (QED) is 0.813. The highest BCUT2D eigenvalue weighted by Crippen LogP contribution is 2.07. The van der Waals surface area contributed by atoms with E-state index in [1.165, 1.54) is 4.68 Å². The Morgan fingerprint density at radius 2 is 2.44 bits per heavy atom. The lowest BCUT2D eigenvalue weighted by Crippen LogP contribution is -2.13. The molecular formula is C10H11N3O2S. The number of ether oxygens (including phenoxy) is 1. The van der Waals surface area contributed by atoms with Crippen LogP contribution in [0.25, 0.3) is 0 Å². The van der Waals surface area contributed by atoms with Crippen LogP contribution in [-0.2, 0) is 22.7 Å². The topological polar surface area (TPSA) is 70.1 Å². The van der Waals surface area contributed by atoms with Crippen molar-refractivity contribution in [2.75, 3.05) is 5.73 Å². The van der Waals surface area contributed by atoms with Crippen molar-refractivity contribution in [2.45, 2.75) is 13.2 Å². The Morgan fingerprint density at radius 3 is 3.06 bits per heavy atom. The van der Waals surface area contributed by atoms with Gasteiger partial charge < -0.3 is 10.5 Å². The number of thiophene rings is 1. The lowest BCUT2D eigenvalue weighted by atomic mass is 10.4. The predicted octanol–water partition coefficient (Wildman–Crippen LogP) is 1.27. The predicted molar refractivity (Wildman–Crippen MR) is 60.8 cm³/mol. The lowest BCUT2D eigenvalue weighted by Gasteiger charge is -2.03. The molecule has 0 saturated heterocycles. The first kappa shape index (κ1) is 10.7. The highest BCUT2D eigenvalue weighted by atomic mass is 32.1. The number of nitrogens with zero attached hydrogens (tertiary/aromatic N) is 2. The number of rotatable bonds is 4. The molecular weight excluding hydrogens is 226 g/mol. The standard InChI is InChI=1S/C10H11N3O2S/c11-9-1-3-13(12-9)5-10(14)15-6-8-2-4-16-7-8/h1-4,7H,5-6H2,(H2,11,12). The van der Waals surface area contributed by atoms with Crippen molar-refractivity contribution in [3.05, 3.63) is 34.7 Å². The maximum atomic E-state index is 11.4. The molecule has 2 rings (SSSR count). The maximum Gasteiger partial charge on any atom is 0.328 e. The molecule has 0 saturated carbocycles. The minimum atomic E-state index is -0.325. The third-order valence-electron chi connectivity index (χ3n) is 1.93. The first-order valence-electron chi connectivity index (χ1n) is 4.69. The average Bonchev–Trinajstić information content (AvgIpc) is 2.87. The zero-order valence-corrected chi connectivity index (χ0v) is 9.31. The summed E-state index contributed by atoms with van der Waals surface area (Å²) in [6.45, 7) is 0.389. The monoisotopic (exact) mass is 237 g/mol. The number of carbonyl (C=O) groups is 1. The maximum absolute atomic E-state index is 11.4. The molecule has 0 fully saturated rings. The number of aromatic nitrogens is 2. The van der Waals surface area contributed by atoms with Crippen molar-refractivity contribution >= 4 is 23.1 Å². The Balaban J connectivity index is 1.81. The molecule has 2 N–H and O–H groups in total. The van der Waals surface area contributed by atoms with E-state index in [2.05, 4.69) is 5.10 Å². The Morgan fingerprint density at radius 1 is 1.56 bits per heavy atom. The van der Waals surface area contributed by atoms with E-state index in [0.29, 0.717) is 12.4 Å². The second-order valence-corrected chi connectivity index (χ2v) is 4.01. The van der Waals surface area contributed by atoms with Gasteiger partial charge in [0.1, 0.15) is 19.0 Å². The fourth-order valence-corrected chi connectivity index (χ4v) is 1.84. The van der Waals surface area contributed by atoms with E-state index in [0.717, 1.165) is 5.56 Å². The molecule has 16 heavy (non-hydrogen) atoms. The van der Waals surface area contributed by atoms with Crippen LogP contribution in [0.5, 0.6) is 0 Å². The Labute approximate surface area is 96.4 Å². The SMILES string of the molecule is Nc1ccn(CC(=O)OCc2ccsc2)n1. The number of carbonyl (C=O) groups excluding carboxylic acids is 1. The summed E-state index contributed by atoms with van der Waals surface area (Å²) in [5.74, 6) is 0.0694. The van der Waals surface area contributed by atoms with E-state index in [4.69, 9.17) is 10.5 Å². The highest BCUT2D eigenvalue weighted by molar-refractivity contribution is 7.07. The van der Waals surface area contributed by atoms with E-state index in [1.807, 2.05) is 16.8 Å². The van der Waals surface area contributed by atoms with Crippen molar-refractivity contribution in [2.24, 2.45) is 0 Å². The van der Waals surface area contributed by atoms with Crippen molar-refractivity contribution in [3.8, 4) is 0 Å². The number of nitrogens with two attached hydrogens (primary N) is 1. The molecule has 0 aliphatic heterocycles. The molecule has 0 aromatic carbocycles. The zero-order chi connectivity index (χ0) is 11.4. The van der Waals surface area contributed by atoms with Gasteiger partial charge in [-0.15, -0.1) is 0 Å². The fraction of sp³-hybridized carbons (Fsp3) is 0.200. The third kappa shape index (κ3) is 2.83. The molecule has 84 valence electrons. The van der Waals surface area contributed by atoms with Crippen LogP contribution in [0, 0.1) is 0 Å². The number of hydrogen-bond acceptors (Lipinski definition) is 5. The average molecular weight is 237 g/mol.